The van der Waals surface area contributed by atoms with E-state index < -0.39 is 5.97 Å². The third-order valence-corrected chi connectivity index (χ3v) is 3.14. The molecule has 1 fully saturated rings. The number of nitrogens with one attached hydrogen (secondary N) is 1. The molecule has 1 amide bonds. The van der Waals surface area contributed by atoms with Crippen molar-refractivity contribution in [2.75, 3.05) is 6.54 Å². The molecule has 1 aliphatic rings. The van der Waals surface area contributed by atoms with Crippen LogP contribution in [0, 0.1) is 5.92 Å². The maximum absolute atomic E-state index is 11.4. The summed E-state index contributed by atoms with van der Waals surface area (Å²) in [5.74, 6) is 0.00210. The van der Waals surface area contributed by atoms with Crippen LogP contribution in [0.3, 0.4) is 0 Å². The molecule has 0 aromatic heterocycles. The number of carbonyl (C=O) groups excluding carboxylic acids is 1. The Bertz CT molecular complexity index is 234. The van der Waals surface area contributed by atoms with Crippen molar-refractivity contribution < 1.29 is 14.7 Å². The lowest BCUT2D eigenvalue weighted by molar-refractivity contribution is -0.137. The third kappa shape index (κ3) is 5.73. The minimum Gasteiger partial charge on any atom is -0.481 e. The second-order valence-corrected chi connectivity index (χ2v) is 4.54. The van der Waals surface area contributed by atoms with Crippen molar-refractivity contribution in [3.63, 3.8) is 0 Å². The molecule has 4 heteroatoms. The zero-order valence-electron chi connectivity index (χ0n) is 9.71. The summed E-state index contributed by atoms with van der Waals surface area (Å²) >= 11 is 0. The van der Waals surface area contributed by atoms with Crippen LogP contribution in [0.5, 0.6) is 0 Å². The van der Waals surface area contributed by atoms with Gasteiger partial charge in [0.15, 0.2) is 0 Å². The largest absolute Gasteiger partial charge is 0.481 e. The lowest BCUT2D eigenvalue weighted by Crippen LogP contribution is -2.25. The molecular weight excluding hydrogens is 206 g/mol. The Balaban J connectivity index is 1.95. The van der Waals surface area contributed by atoms with Gasteiger partial charge in [0.2, 0.25) is 5.91 Å². The summed E-state index contributed by atoms with van der Waals surface area (Å²) in [4.78, 5) is 21.6. The van der Waals surface area contributed by atoms with E-state index >= 15 is 0 Å². The molecule has 1 aliphatic carbocycles. The van der Waals surface area contributed by atoms with Crippen molar-refractivity contribution in [3.05, 3.63) is 0 Å². The summed E-state index contributed by atoms with van der Waals surface area (Å²) in [6, 6.07) is 0. The Morgan fingerprint density at radius 1 is 1.19 bits per heavy atom. The summed E-state index contributed by atoms with van der Waals surface area (Å²) in [6.07, 6.45) is 7.39. The Hall–Kier alpha value is -1.06. The van der Waals surface area contributed by atoms with Crippen LogP contribution in [0.1, 0.15) is 51.4 Å². The maximum atomic E-state index is 11.4. The lowest BCUT2D eigenvalue weighted by Gasteiger charge is -2.08. The molecule has 0 saturated heterocycles. The molecule has 4 nitrogen and oxygen atoms in total. The van der Waals surface area contributed by atoms with Crippen LogP contribution in [-0.4, -0.2) is 23.5 Å². The summed E-state index contributed by atoms with van der Waals surface area (Å²) in [7, 11) is 0. The smallest absolute Gasteiger partial charge is 0.303 e. The molecule has 0 aromatic rings. The molecule has 0 atom stereocenters. The van der Waals surface area contributed by atoms with Gasteiger partial charge in [0.1, 0.15) is 0 Å². The molecule has 0 radical (unpaired) electrons. The van der Waals surface area contributed by atoms with E-state index in [0.29, 0.717) is 19.4 Å². The Labute approximate surface area is 96.4 Å². The van der Waals surface area contributed by atoms with Gasteiger partial charge >= 0.3 is 5.97 Å². The highest BCUT2D eigenvalue weighted by Crippen LogP contribution is 2.28. The first-order valence-corrected chi connectivity index (χ1v) is 6.17. The molecule has 1 rings (SSSR count). The number of hydrogen-bond acceptors (Lipinski definition) is 2. The summed E-state index contributed by atoms with van der Waals surface area (Å²) in [5.41, 5.74) is 0. The summed E-state index contributed by atoms with van der Waals surface area (Å²) in [6.45, 7) is 0.482. The lowest BCUT2D eigenvalue weighted by atomic mass is 10.0. The SMILES string of the molecule is O=C(O)CCCNC(=O)CCC1CCCC1. The van der Waals surface area contributed by atoms with Crippen molar-refractivity contribution in [1.29, 1.82) is 0 Å². The normalized spacial score (nSPS) is 16.2. The van der Waals surface area contributed by atoms with E-state index in [0.717, 1.165) is 12.3 Å². The molecule has 16 heavy (non-hydrogen) atoms. The first-order chi connectivity index (χ1) is 7.68. The summed E-state index contributed by atoms with van der Waals surface area (Å²) < 4.78 is 0. The highest BCUT2D eigenvalue weighted by atomic mass is 16.4. The molecule has 0 heterocycles. The van der Waals surface area contributed by atoms with Gasteiger partial charge in [-0.05, 0) is 18.8 Å². The Morgan fingerprint density at radius 3 is 2.50 bits per heavy atom. The molecule has 92 valence electrons. The molecule has 0 bridgehead atoms. The van der Waals surface area contributed by atoms with Crippen molar-refractivity contribution >= 4 is 11.9 Å². The Kier molecular flexibility index (Phi) is 5.90. The van der Waals surface area contributed by atoms with Gasteiger partial charge in [0, 0.05) is 19.4 Å². The predicted molar refractivity (Wildman–Crippen MR) is 61.1 cm³/mol. The van der Waals surface area contributed by atoms with E-state index in [4.69, 9.17) is 5.11 Å². The number of amides is 1. The predicted octanol–water partition coefficient (Wildman–Crippen LogP) is 1.94. The number of rotatable bonds is 7. The van der Waals surface area contributed by atoms with Crippen LogP contribution in [0.4, 0.5) is 0 Å². The minimum absolute atomic E-state index is 0.0669. The van der Waals surface area contributed by atoms with Crippen LogP contribution in [0.2, 0.25) is 0 Å². The van der Waals surface area contributed by atoms with Gasteiger partial charge in [-0.15, -0.1) is 0 Å². The zero-order valence-corrected chi connectivity index (χ0v) is 9.71. The number of carboxylic acids is 1. The second-order valence-electron chi connectivity index (χ2n) is 4.54. The van der Waals surface area contributed by atoms with Crippen LogP contribution in [0.25, 0.3) is 0 Å². The number of hydrogen-bond donors (Lipinski definition) is 2. The van der Waals surface area contributed by atoms with Crippen molar-refractivity contribution in [3.8, 4) is 0 Å². The van der Waals surface area contributed by atoms with Gasteiger partial charge in [-0.1, -0.05) is 25.7 Å². The van der Waals surface area contributed by atoms with E-state index in [1.54, 1.807) is 0 Å². The highest BCUT2D eigenvalue weighted by molar-refractivity contribution is 5.75. The number of carbonyl (C=O) groups is 2. The monoisotopic (exact) mass is 227 g/mol. The van der Waals surface area contributed by atoms with E-state index in [1.165, 1.54) is 25.7 Å². The molecule has 0 unspecified atom stereocenters. The molecule has 2 N–H and O–H groups in total. The topological polar surface area (TPSA) is 66.4 Å². The standard InChI is InChI=1S/C12H21NO3/c14-11(13-9-3-6-12(15)16)8-7-10-4-1-2-5-10/h10H,1-9H2,(H,13,14)(H,15,16). The van der Waals surface area contributed by atoms with Crippen molar-refractivity contribution in [2.24, 2.45) is 5.92 Å². The molecule has 1 saturated carbocycles. The first-order valence-electron chi connectivity index (χ1n) is 6.17. The van der Waals surface area contributed by atoms with Crippen molar-refractivity contribution in [1.82, 2.24) is 5.32 Å². The molecule has 0 spiro atoms. The molecular formula is C12H21NO3. The second kappa shape index (κ2) is 7.25. The van der Waals surface area contributed by atoms with Gasteiger partial charge < -0.3 is 10.4 Å². The number of carboxylic acid groups (broad SMARTS) is 1. The average Bonchev–Trinajstić information content (AvgIpc) is 2.74. The van der Waals surface area contributed by atoms with Gasteiger partial charge in [-0.2, -0.15) is 0 Å². The molecule has 0 aromatic carbocycles. The van der Waals surface area contributed by atoms with E-state index in [9.17, 15) is 9.59 Å². The fourth-order valence-electron chi connectivity index (χ4n) is 2.19. The van der Waals surface area contributed by atoms with Gasteiger partial charge in [-0.25, -0.2) is 0 Å². The quantitative estimate of drug-likeness (QED) is 0.653. The van der Waals surface area contributed by atoms with E-state index in [-0.39, 0.29) is 12.3 Å². The Morgan fingerprint density at radius 2 is 1.88 bits per heavy atom. The zero-order chi connectivity index (χ0) is 11.8. The van der Waals surface area contributed by atoms with Crippen LogP contribution in [0.15, 0.2) is 0 Å². The summed E-state index contributed by atoms with van der Waals surface area (Å²) in [5, 5.41) is 11.2. The van der Waals surface area contributed by atoms with Gasteiger partial charge in [0.25, 0.3) is 0 Å². The highest BCUT2D eigenvalue weighted by Gasteiger charge is 2.15. The minimum atomic E-state index is -0.805. The first kappa shape index (κ1) is 13.0. The maximum Gasteiger partial charge on any atom is 0.303 e. The van der Waals surface area contributed by atoms with Gasteiger partial charge in [0.05, 0.1) is 0 Å². The van der Waals surface area contributed by atoms with Crippen molar-refractivity contribution in [2.45, 2.75) is 51.4 Å². The fraction of sp³-hybridized carbons (Fsp3) is 0.833. The third-order valence-electron chi connectivity index (χ3n) is 3.14. The van der Waals surface area contributed by atoms with E-state index in [2.05, 4.69) is 5.32 Å². The van der Waals surface area contributed by atoms with Crippen LogP contribution < -0.4 is 5.32 Å². The van der Waals surface area contributed by atoms with Crippen LogP contribution in [-0.2, 0) is 9.59 Å². The van der Waals surface area contributed by atoms with Crippen LogP contribution >= 0.6 is 0 Å². The number of aliphatic carboxylic acids is 1. The van der Waals surface area contributed by atoms with Gasteiger partial charge in [-0.3, -0.25) is 9.59 Å². The fourth-order valence-corrected chi connectivity index (χ4v) is 2.19. The molecule has 0 aliphatic heterocycles. The van der Waals surface area contributed by atoms with E-state index in [1.807, 2.05) is 0 Å². The average molecular weight is 227 g/mol.